The average Bonchev–Trinajstić information content (AvgIpc) is 2.35. The van der Waals surface area contributed by atoms with E-state index in [1.807, 2.05) is 24.3 Å². The highest BCUT2D eigenvalue weighted by Crippen LogP contribution is 2.48. The van der Waals surface area contributed by atoms with Crippen LogP contribution in [0.4, 0.5) is 17.1 Å². The molecule has 0 bridgehead atoms. The Balaban J connectivity index is 2.14. The molecule has 1 aliphatic heterocycles. The van der Waals surface area contributed by atoms with Gasteiger partial charge in [-0.3, -0.25) is 10.1 Å². The first-order chi connectivity index (χ1) is 8.65. The predicted molar refractivity (Wildman–Crippen MR) is 74.6 cm³/mol. The molecule has 90 valence electrons. The van der Waals surface area contributed by atoms with Gasteiger partial charge in [0.25, 0.3) is 5.69 Å². The lowest BCUT2D eigenvalue weighted by Crippen LogP contribution is -2.03. The number of rotatable bonds is 1. The zero-order valence-corrected chi connectivity index (χ0v) is 11.4. The zero-order valence-electron chi connectivity index (χ0n) is 9.01. The highest BCUT2D eigenvalue weighted by molar-refractivity contribution is 9.10. The summed E-state index contributed by atoms with van der Waals surface area (Å²) in [4.78, 5) is 12.6. The Morgan fingerprint density at radius 3 is 2.83 bits per heavy atom. The molecule has 0 unspecified atom stereocenters. The van der Waals surface area contributed by atoms with E-state index in [1.165, 1.54) is 17.8 Å². The summed E-state index contributed by atoms with van der Waals surface area (Å²) in [7, 11) is 0. The predicted octanol–water partition coefficient (Wildman–Crippen LogP) is 4.57. The van der Waals surface area contributed by atoms with E-state index in [9.17, 15) is 10.1 Å². The molecule has 0 atom stereocenters. The van der Waals surface area contributed by atoms with Crippen molar-refractivity contribution in [2.75, 3.05) is 5.32 Å². The molecule has 3 rings (SSSR count). The van der Waals surface area contributed by atoms with Crippen molar-refractivity contribution in [2.45, 2.75) is 9.79 Å². The molecule has 4 nitrogen and oxygen atoms in total. The SMILES string of the molecule is O=[N+]([O-])c1cccc2c1Nc1cc(Br)ccc1S2. The average molecular weight is 323 g/mol. The third-order valence-corrected chi connectivity index (χ3v) is 4.25. The summed E-state index contributed by atoms with van der Waals surface area (Å²) in [5, 5.41) is 14.1. The minimum Gasteiger partial charge on any atom is -0.348 e. The fourth-order valence-corrected chi connectivity index (χ4v) is 3.18. The minimum atomic E-state index is -0.366. The monoisotopic (exact) mass is 322 g/mol. The number of hydrogen-bond acceptors (Lipinski definition) is 4. The molecule has 0 spiro atoms. The lowest BCUT2D eigenvalue weighted by atomic mass is 10.2. The Hall–Kier alpha value is -1.53. The van der Waals surface area contributed by atoms with Gasteiger partial charge in [0.15, 0.2) is 0 Å². The van der Waals surface area contributed by atoms with Gasteiger partial charge in [0, 0.05) is 20.3 Å². The number of nitrogens with one attached hydrogen (secondary N) is 1. The Morgan fingerprint density at radius 1 is 1.22 bits per heavy atom. The van der Waals surface area contributed by atoms with Gasteiger partial charge in [-0.2, -0.15) is 0 Å². The number of nitro benzene ring substituents is 1. The Morgan fingerprint density at radius 2 is 2.06 bits per heavy atom. The number of fused-ring (bicyclic) bond motifs is 2. The molecular formula is C12H7BrN2O2S. The fourth-order valence-electron chi connectivity index (χ4n) is 1.82. The van der Waals surface area contributed by atoms with Gasteiger partial charge >= 0.3 is 0 Å². The lowest BCUT2D eigenvalue weighted by Gasteiger charge is -2.20. The summed E-state index contributed by atoms with van der Waals surface area (Å²) in [6, 6.07) is 11.0. The van der Waals surface area contributed by atoms with Crippen LogP contribution in [0.5, 0.6) is 0 Å². The first kappa shape index (κ1) is 11.6. The maximum absolute atomic E-state index is 11.0. The molecule has 1 aliphatic rings. The summed E-state index contributed by atoms with van der Waals surface area (Å²) in [5.74, 6) is 0. The van der Waals surface area contributed by atoms with Crippen molar-refractivity contribution in [2.24, 2.45) is 0 Å². The Bertz CT molecular complexity index is 661. The summed E-state index contributed by atoms with van der Waals surface area (Å²) in [6.07, 6.45) is 0. The Labute approximate surface area is 116 Å². The maximum Gasteiger partial charge on any atom is 0.293 e. The number of halogens is 1. The summed E-state index contributed by atoms with van der Waals surface area (Å²) in [6.45, 7) is 0. The van der Waals surface area contributed by atoms with Crippen LogP contribution in [0.2, 0.25) is 0 Å². The molecule has 0 aromatic heterocycles. The molecule has 6 heteroatoms. The number of hydrogen-bond donors (Lipinski definition) is 1. The zero-order chi connectivity index (χ0) is 12.7. The van der Waals surface area contributed by atoms with E-state index in [0.717, 1.165) is 20.0 Å². The molecule has 0 fully saturated rings. The third-order valence-electron chi connectivity index (χ3n) is 2.62. The molecule has 0 radical (unpaired) electrons. The topological polar surface area (TPSA) is 55.2 Å². The fraction of sp³-hybridized carbons (Fsp3) is 0. The van der Waals surface area contributed by atoms with E-state index >= 15 is 0 Å². The normalized spacial score (nSPS) is 12.3. The molecule has 2 aromatic carbocycles. The van der Waals surface area contributed by atoms with Crippen LogP contribution in [0.25, 0.3) is 0 Å². The molecule has 0 saturated heterocycles. The number of nitro groups is 1. The molecule has 1 heterocycles. The number of benzene rings is 2. The lowest BCUT2D eigenvalue weighted by molar-refractivity contribution is -0.384. The van der Waals surface area contributed by atoms with Crippen LogP contribution in [0.3, 0.4) is 0 Å². The molecule has 2 aromatic rings. The standard InChI is InChI=1S/C12H7BrN2O2S/c13-7-4-5-10-8(6-7)14-12-9(15(16)17)2-1-3-11(12)18-10/h1-6,14H. The van der Waals surface area contributed by atoms with E-state index in [2.05, 4.69) is 21.2 Å². The third kappa shape index (κ3) is 1.87. The maximum atomic E-state index is 11.0. The van der Waals surface area contributed by atoms with Crippen LogP contribution in [0.1, 0.15) is 0 Å². The van der Waals surface area contributed by atoms with Crippen molar-refractivity contribution in [3.63, 3.8) is 0 Å². The van der Waals surface area contributed by atoms with E-state index in [1.54, 1.807) is 6.07 Å². The number of anilines is 2. The van der Waals surface area contributed by atoms with Gasteiger partial charge < -0.3 is 5.32 Å². The van der Waals surface area contributed by atoms with Crippen molar-refractivity contribution in [3.8, 4) is 0 Å². The molecule has 0 saturated carbocycles. The smallest absolute Gasteiger partial charge is 0.293 e. The molecular weight excluding hydrogens is 316 g/mol. The first-order valence-electron chi connectivity index (χ1n) is 5.17. The number of para-hydroxylation sites is 1. The van der Waals surface area contributed by atoms with Gasteiger partial charge in [-0.1, -0.05) is 33.8 Å². The summed E-state index contributed by atoms with van der Waals surface area (Å²) >= 11 is 4.93. The van der Waals surface area contributed by atoms with Crippen LogP contribution in [0, 0.1) is 10.1 Å². The van der Waals surface area contributed by atoms with Crippen molar-refractivity contribution >= 4 is 44.8 Å². The van der Waals surface area contributed by atoms with Crippen molar-refractivity contribution in [1.82, 2.24) is 0 Å². The second kappa shape index (κ2) is 4.29. The summed E-state index contributed by atoms with van der Waals surface area (Å²) < 4.78 is 0.941. The van der Waals surface area contributed by atoms with Gasteiger partial charge in [-0.05, 0) is 24.3 Å². The largest absolute Gasteiger partial charge is 0.348 e. The van der Waals surface area contributed by atoms with Crippen LogP contribution in [-0.4, -0.2) is 4.92 Å². The number of nitrogens with zero attached hydrogens (tertiary/aromatic N) is 1. The van der Waals surface area contributed by atoms with E-state index in [4.69, 9.17) is 0 Å². The van der Waals surface area contributed by atoms with Crippen molar-refractivity contribution < 1.29 is 4.92 Å². The highest BCUT2D eigenvalue weighted by Gasteiger charge is 2.23. The van der Waals surface area contributed by atoms with Crippen LogP contribution in [0.15, 0.2) is 50.7 Å². The van der Waals surface area contributed by atoms with Gasteiger partial charge in [-0.15, -0.1) is 0 Å². The van der Waals surface area contributed by atoms with Gasteiger partial charge in [0.05, 0.1) is 10.6 Å². The second-order valence-electron chi connectivity index (χ2n) is 3.77. The Kier molecular flexibility index (Phi) is 2.76. The van der Waals surface area contributed by atoms with E-state index < -0.39 is 0 Å². The molecule has 0 amide bonds. The molecule has 0 aliphatic carbocycles. The minimum absolute atomic E-state index is 0.102. The first-order valence-corrected chi connectivity index (χ1v) is 6.78. The van der Waals surface area contributed by atoms with Gasteiger partial charge in [0.2, 0.25) is 0 Å². The van der Waals surface area contributed by atoms with Crippen LogP contribution in [-0.2, 0) is 0 Å². The van der Waals surface area contributed by atoms with E-state index in [0.29, 0.717) is 5.69 Å². The van der Waals surface area contributed by atoms with Crippen LogP contribution >= 0.6 is 27.7 Å². The highest BCUT2D eigenvalue weighted by atomic mass is 79.9. The second-order valence-corrected chi connectivity index (χ2v) is 5.77. The van der Waals surface area contributed by atoms with Crippen molar-refractivity contribution in [1.29, 1.82) is 0 Å². The molecule has 18 heavy (non-hydrogen) atoms. The quantitative estimate of drug-likeness (QED) is 0.527. The van der Waals surface area contributed by atoms with E-state index in [-0.39, 0.29) is 10.6 Å². The van der Waals surface area contributed by atoms with Gasteiger partial charge in [0.1, 0.15) is 5.69 Å². The van der Waals surface area contributed by atoms with Crippen molar-refractivity contribution in [3.05, 3.63) is 51.0 Å². The molecule has 1 N–H and O–H groups in total. The van der Waals surface area contributed by atoms with Gasteiger partial charge in [-0.25, -0.2) is 0 Å². The van der Waals surface area contributed by atoms with Crippen LogP contribution < -0.4 is 5.32 Å². The summed E-state index contributed by atoms with van der Waals surface area (Å²) in [5.41, 5.74) is 1.56.